The van der Waals surface area contributed by atoms with E-state index in [0.29, 0.717) is 35.2 Å². The number of aliphatic hydroxyl groups excluding tert-OH is 2. The number of hydrogen-bond acceptors (Lipinski definition) is 2. The second kappa shape index (κ2) is 7.88. The van der Waals surface area contributed by atoms with E-state index in [-0.39, 0.29) is 6.10 Å². The molecule has 10 atom stereocenters. The molecule has 0 spiro atoms. The summed E-state index contributed by atoms with van der Waals surface area (Å²) < 4.78 is 0. The fourth-order valence-electron chi connectivity index (χ4n) is 9.63. The Labute approximate surface area is 173 Å². The Hall–Kier alpha value is -0.0800. The van der Waals surface area contributed by atoms with E-state index in [1.807, 2.05) is 0 Å². The zero-order valence-electron chi connectivity index (χ0n) is 19.0. The Morgan fingerprint density at radius 2 is 1.68 bits per heavy atom. The highest BCUT2D eigenvalue weighted by Gasteiger charge is 2.64. The minimum atomic E-state index is -0.0673. The van der Waals surface area contributed by atoms with Crippen LogP contribution in [-0.4, -0.2) is 22.9 Å². The highest BCUT2D eigenvalue weighted by molar-refractivity contribution is 5.13. The van der Waals surface area contributed by atoms with E-state index >= 15 is 0 Å². The van der Waals surface area contributed by atoms with Crippen LogP contribution in [0.25, 0.3) is 0 Å². The van der Waals surface area contributed by atoms with E-state index in [1.165, 1.54) is 51.4 Å². The second-order valence-electron chi connectivity index (χ2n) is 11.8. The molecule has 0 aromatic rings. The maximum absolute atomic E-state index is 11.7. The number of rotatable bonds is 5. The summed E-state index contributed by atoms with van der Waals surface area (Å²) in [7, 11) is 0. The molecule has 2 N–H and O–H groups in total. The van der Waals surface area contributed by atoms with Crippen LogP contribution in [0.4, 0.5) is 0 Å². The molecule has 2 nitrogen and oxygen atoms in total. The van der Waals surface area contributed by atoms with Gasteiger partial charge < -0.3 is 10.2 Å². The zero-order chi connectivity index (χ0) is 20.1. The Bertz CT molecular complexity index is 547. The number of fused-ring (bicyclic) bond motifs is 5. The first-order chi connectivity index (χ1) is 13.4. The molecular formula is C26H46O2. The van der Waals surface area contributed by atoms with Crippen molar-refractivity contribution in [2.24, 2.45) is 52.3 Å². The van der Waals surface area contributed by atoms with Gasteiger partial charge in [0.1, 0.15) is 0 Å². The molecule has 0 aromatic carbocycles. The van der Waals surface area contributed by atoms with Crippen molar-refractivity contribution in [1.29, 1.82) is 0 Å². The van der Waals surface area contributed by atoms with Crippen LogP contribution in [0.5, 0.6) is 0 Å². The van der Waals surface area contributed by atoms with Gasteiger partial charge in [-0.1, -0.05) is 47.0 Å². The van der Waals surface area contributed by atoms with Crippen LogP contribution in [0.15, 0.2) is 0 Å². The predicted molar refractivity (Wildman–Crippen MR) is 116 cm³/mol. The zero-order valence-corrected chi connectivity index (χ0v) is 19.0. The average Bonchev–Trinajstić information content (AvgIpc) is 3.04. The van der Waals surface area contributed by atoms with E-state index < -0.39 is 0 Å². The van der Waals surface area contributed by atoms with Crippen LogP contribution in [-0.2, 0) is 0 Å². The van der Waals surface area contributed by atoms with Gasteiger partial charge in [-0.2, -0.15) is 0 Å². The lowest BCUT2D eigenvalue weighted by Crippen LogP contribution is -2.61. The summed E-state index contributed by atoms with van der Waals surface area (Å²) in [6, 6.07) is 0. The van der Waals surface area contributed by atoms with Crippen LogP contribution in [0.2, 0.25) is 0 Å². The molecule has 0 aliphatic heterocycles. The van der Waals surface area contributed by atoms with Gasteiger partial charge in [0.05, 0.1) is 6.10 Å². The first-order valence-electron chi connectivity index (χ1n) is 12.7. The molecular weight excluding hydrogens is 344 g/mol. The molecule has 4 unspecified atom stereocenters. The first-order valence-corrected chi connectivity index (χ1v) is 12.7. The van der Waals surface area contributed by atoms with Crippen LogP contribution in [0.3, 0.4) is 0 Å². The summed E-state index contributed by atoms with van der Waals surface area (Å²) in [6.07, 6.45) is 14.2. The molecule has 4 rings (SSSR count). The largest absolute Gasteiger partial charge is 0.396 e. The van der Waals surface area contributed by atoms with Gasteiger partial charge in [-0.15, -0.1) is 0 Å². The minimum absolute atomic E-state index is 0.0673. The third-order valence-corrected chi connectivity index (χ3v) is 10.9. The van der Waals surface area contributed by atoms with Crippen molar-refractivity contribution in [2.75, 3.05) is 6.61 Å². The lowest BCUT2D eigenvalue weighted by atomic mass is 9.41. The Kier molecular flexibility index (Phi) is 5.95. The average molecular weight is 391 g/mol. The molecule has 0 bridgehead atoms. The summed E-state index contributed by atoms with van der Waals surface area (Å²) in [6.45, 7) is 10.3. The number of aliphatic hydroxyl groups is 2. The Morgan fingerprint density at radius 1 is 0.929 bits per heavy atom. The number of hydrogen-bond donors (Lipinski definition) is 2. The third-order valence-electron chi connectivity index (χ3n) is 10.9. The molecule has 0 saturated heterocycles. The highest BCUT2D eigenvalue weighted by Crippen LogP contribution is 2.69. The highest BCUT2D eigenvalue weighted by atomic mass is 16.3. The molecule has 2 heteroatoms. The van der Waals surface area contributed by atoms with Gasteiger partial charge >= 0.3 is 0 Å². The van der Waals surface area contributed by atoms with Crippen LogP contribution < -0.4 is 0 Å². The van der Waals surface area contributed by atoms with E-state index in [9.17, 15) is 10.2 Å². The molecule has 0 radical (unpaired) electrons. The summed E-state index contributed by atoms with van der Waals surface area (Å²) >= 11 is 0. The van der Waals surface area contributed by atoms with Gasteiger partial charge in [0.2, 0.25) is 0 Å². The van der Waals surface area contributed by atoms with Crippen LogP contribution in [0.1, 0.15) is 98.3 Å². The smallest absolute Gasteiger partial charge is 0.0605 e. The standard InChI is InChI=1S/C26H46O2/c1-5-18-20-10-6-7-14-25(20,3)22-13-15-26(4)19(17(2)9-8-16-27)11-12-21(26)23(22)24(18)28/h17-24,27-28H,5-16H2,1-4H3/t17-,18+,19-,20+,21?,22?,23?,24-,25?,26-/m1/s1. The lowest BCUT2D eigenvalue weighted by molar-refractivity contribution is -0.194. The SMILES string of the molecule is CC[C@@H]1[C@@H](O)C2C(CC[C@@]3(C)C2CC[C@@H]3[C@H](C)CCCO)C2(C)CCCC[C@@H]12. The summed E-state index contributed by atoms with van der Waals surface area (Å²) in [4.78, 5) is 0. The van der Waals surface area contributed by atoms with Crippen molar-refractivity contribution in [1.82, 2.24) is 0 Å². The molecule has 4 fully saturated rings. The second-order valence-corrected chi connectivity index (χ2v) is 11.8. The Balaban J connectivity index is 1.63. The van der Waals surface area contributed by atoms with Crippen molar-refractivity contribution in [3.63, 3.8) is 0 Å². The van der Waals surface area contributed by atoms with Crippen molar-refractivity contribution < 1.29 is 10.2 Å². The molecule has 162 valence electrons. The topological polar surface area (TPSA) is 40.5 Å². The van der Waals surface area contributed by atoms with E-state index in [4.69, 9.17) is 0 Å². The normalized spacial score (nSPS) is 51.9. The summed E-state index contributed by atoms with van der Waals surface area (Å²) in [5.74, 6) is 4.79. The maximum atomic E-state index is 11.7. The molecule has 4 saturated carbocycles. The summed E-state index contributed by atoms with van der Waals surface area (Å²) in [5.41, 5.74) is 0.887. The Morgan fingerprint density at radius 3 is 2.39 bits per heavy atom. The molecule has 4 aliphatic rings. The predicted octanol–water partition coefficient (Wildman–Crippen LogP) is 6.05. The van der Waals surface area contributed by atoms with E-state index in [1.54, 1.807) is 0 Å². The van der Waals surface area contributed by atoms with Crippen LogP contribution in [0, 0.1) is 52.3 Å². The van der Waals surface area contributed by atoms with Crippen molar-refractivity contribution in [3.8, 4) is 0 Å². The van der Waals surface area contributed by atoms with Gasteiger partial charge in [0.25, 0.3) is 0 Å². The monoisotopic (exact) mass is 390 g/mol. The van der Waals surface area contributed by atoms with Gasteiger partial charge in [0.15, 0.2) is 0 Å². The fraction of sp³-hybridized carbons (Fsp3) is 1.00. The van der Waals surface area contributed by atoms with Crippen LogP contribution >= 0.6 is 0 Å². The van der Waals surface area contributed by atoms with E-state index in [2.05, 4.69) is 27.7 Å². The molecule has 4 aliphatic carbocycles. The minimum Gasteiger partial charge on any atom is -0.396 e. The summed E-state index contributed by atoms with van der Waals surface area (Å²) in [5, 5.41) is 21.0. The molecule has 0 aromatic heterocycles. The third kappa shape index (κ3) is 3.03. The fourth-order valence-corrected chi connectivity index (χ4v) is 9.63. The van der Waals surface area contributed by atoms with Crippen molar-refractivity contribution in [3.05, 3.63) is 0 Å². The van der Waals surface area contributed by atoms with Gasteiger partial charge in [0, 0.05) is 6.61 Å². The van der Waals surface area contributed by atoms with Gasteiger partial charge in [-0.3, -0.25) is 0 Å². The lowest BCUT2D eigenvalue weighted by Gasteiger charge is -2.64. The van der Waals surface area contributed by atoms with Gasteiger partial charge in [-0.25, -0.2) is 0 Å². The van der Waals surface area contributed by atoms with E-state index in [0.717, 1.165) is 42.9 Å². The maximum Gasteiger partial charge on any atom is 0.0605 e. The first kappa shape index (κ1) is 21.2. The molecule has 28 heavy (non-hydrogen) atoms. The van der Waals surface area contributed by atoms with Crippen molar-refractivity contribution >= 4 is 0 Å². The molecule has 0 amide bonds. The van der Waals surface area contributed by atoms with Gasteiger partial charge in [-0.05, 0) is 104 Å². The quantitative estimate of drug-likeness (QED) is 0.600. The molecule has 0 heterocycles. The van der Waals surface area contributed by atoms with Crippen molar-refractivity contribution in [2.45, 2.75) is 104 Å².